The fraction of sp³-hybridized carbons (Fsp3) is 0.240. The van der Waals surface area contributed by atoms with Crippen molar-refractivity contribution in [3.63, 3.8) is 0 Å². The second kappa shape index (κ2) is 11.3. The van der Waals surface area contributed by atoms with Gasteiger partial charge in [0, 0.05) is 6.42 Å². The lowest BCUT2D eigenvalue weighted by molar-refractivity contribution is -0.136. The number of anilines is 1. The van der Waals surface area contributed by atoms with E-state index in [1.165, 1.54) is 0 Å². The molecule has 7 heteroatoms. The minimum absolute atomic E-state index is 0.114. The lowest BCUT2D eigenvalue weighted by atomic mass is 10.1. The summed E-state index contributed by atoms with van der Waals surface area (Å²) >= 11 is 0. The van der Waals surface area contributed by atoms with Crippen LogP contribution >= 0.6 is 0 Å². The molecule has 3 rings (SSSR count). The number of hydrogen-bond acceptors (Lipinski definition) is 4. The third kappa shape index (κ3) is 7.13. The number of aryl methyl sites for hydroxylation is 2. The third-order valence-corrected chi connectivity index (χ3v) is 6.36. The Kier molecular flexibility index (Phi) is 8.27. The molecule has 0 unspecified atom stereocenters. The molecule has 168 valence electrons. The van der Waals surface area contributed by atoms with Gasteiger partial charge in [0.25, 0.3) is 10.0 Å². The maximum atomic E-state index is 12.6. The molecule has 0 amide bonds. The van der Waals surface area contributed by atoms with Gasteiger partial charge in [-0.05, 0) is 67.1 Å². The van der Waals surface area contributed by atoms with Crippen molar-refractivity contribution in [1.82, 2.24) is 0 Å². The van der Waals surface area contributed by atoms with Crippen LogP contribution in [0.4, 0.5) is 5.69 Å². The van der Waals surface area contributed by atoms with E-state index < -0.39 is 16.0 Å². The molecule has 0 fully saturated rings. The Balaban J connectivity index is 1.47. The summed E-state index contributed by atoms with van der Waals surface area (Å²) in [4.78, 5) is 10.9. The van der Waals surface area contributed by atoms with Gasteiger partial charge in [-0.3, -0.25) is 9.52 Å². The zero-order valence-corrected chi connectivity index (χ0v) is 18.6. The molecule has 3 aromatic rings. The SMILES string of the molecule is O=C(O)CCc1ccc(OCCCCc2ccccc2NS(=O)(=O)c2ccccc2)cc1. The lowest BCUT2D eigenvalue weighted by Crippen LogP contribution is -2.14. The van der Waals surface area contributed by atoms with Gasteiger partial charge in [0.15, 0.2) is 0 Å². The summed E-state index contributed by atoms with van der Waals surface area (Å²) in [6.45, 7) is 0.548. The van der Waals surface area contributed by atoms with Crippen LogP contribution in [-0.2, 0) is 27.7 Å². The molecule has 0 aromatic heterocycles. The minimum atomic E-state index is -3.63. The highest BCUT2D eigenvalue weighted by Gasteiger charge is 2.15. The number of aliphatic carboxylic acids is 1. The van der Waals surface area contributed by atoms with Gasteiger partial charge < -0.3 is 9.84 Å². The number of ether oxygens (including phenoxy) is 1. The highest BCUT2D eigenvalue weighted by atomic mass is 32.2. The highest BCUT2D eigenvalue weighted by Crippen LogP contribution is 2.22. The van der Waals surface area contributed by atoms with E-state index in [0.29, 0.717) is 18.7 Å². The summed E-state index contributed by atoms with van der Waals surface area (Å²) < 4.78 is 33.7. The molecule has 2 N–H and O–H groups in total. The van der Waals surface area contributed by atoms with Crippen molar-refractivity contribution in [3.8, 4) is 5.75 Å². The quantitative estimate of drug-likeness (QED) is 0.380. The first-order chi connectivity index (χ1) is 15.4. The van der Waals surface area contributed by atoms with Crippen LogP contribution in [-0.4, -0.2) is 26.1 Å². The Morgan fingerprint density at radius 2 is 1.53 bits per heavy atom. The topological polar surface area (TPSA) is 92.7 Å². The van der Waals surface area contributed by atoms with E-state index in [1.807, 2.05) is 42.5 Å². The number of unbranched alkanes of at least 4 members (excludes halogenated alkanes) is 1. The summed E-state index contributed by atoms with van der Waals surface area (Å²) in [5, 5.41) is 8.74. The number of carboxylic acids is 1. The highest BCUT2D eigenvalue weighted by molar-refractivity contribution is 7.92. The van der Waals surface area contributed by atoms with Gasteiger partial charge >= 0.3 is 5.97 Å². The molecule has 0 aliphatic rings. The van der Waals surface area contributed by atoms with Gasteiger partial charge in [-0.15, -0.1) is 0 Å². The Morgan fingerprint density at radius 3 is 2.25 bits per heavy atom. The number of carbonyl (C=O) groups is 1. The third-order valence-electron chi connectivity index (χ3n) is 4.98. The molecule has 6 nitrogen and oxygen atoms in total. The van der Waals surface area contributed by atoms with E-state index in [1.54, 1.807) is 36.4 Å². The molecule has 0 aliphatic heterocycles. The van der Waals surface area contributed by atoms with Gasteiger partial charge in [-0.1, -0.05) is 48.5 Å². The van der Waals surface area contributed by atoms with Crippen molar-refractivity contribution >= 4 is 21.7 Å². The van der Waals surface area contributed by atoms with Crippen molar-refractivity contribution in [3.05, 3.63) is 90.0 Å². The van der Waals surface area contributed by atoms with E-state index in [9.17, 15) is 13.2 Å². The Labute approximate surface area is 188 Å². The summed E-state index contributed by atoms with van der Waals surface area (Å²) in [5.41, 5.74) is 2.50. The number of benzene rings is 3. The molecular formula is C25H27NO5S. The lowest BCUT2D eigenvalue weighted by Gasteiger charge is -2.13. The predicted molar refractivity (Wildman–Crippen MR) is 125 cm³/mol. The summed E-state index contributed by atoms with van der Waals surface area (Å²) in [6.07, 6.45) is 3.01. The molecule has 0 saturated heterocycles. The fourth-order valence-electron chi connectivity index (χ4n) is 3.25. The van der Waals surface area contributed by atoms with Gasteiger partial charge in [-0.2, -0.15) is 0 Å². The monoisotopic (exact) mass is 453 g/mol. The zero-order chi connectivity index (χ0) is 22.8. The molecule has 0 saturated carbocycles. The second-order valence-corrected chi connectivity index (χ2v) is 9.10. The molecule has 0 heterocycles. The fourth-order valence-corrected chi connectivity index (χ4v) is 4.37. The second-order valence-electron chi connectivity index (χ2n) is 7.42. The van der Waals surface area contributed by atoms with Crippen LogP contribution in [0.25, 0.3) is 0 Å². The number of para-hydroxylation sites is 1. The predicted octanol–water partition coefficient (Wildman–Crippen LogP) is 4.91. The number of nitrogens with one attached hydrogen (secondary N) is 1. The Bertz CT molecular complexity index is 1110. The van der Waals surface area contributed by atoms with E-state index in [4.69, 9.17) is 9.84 Å². The van der Waals surface area contributed by atoms with Crippen molar-refractivity contribution in [2.24, 2.45) is 0 Å². The van der Waals surface area contributed by atoms with Crippen LogP contribution in [0.2, 0.25) is 0 Å². The number of sulfonamides is 1. The van der Waals surface area contributed by atoms with Crippen molar-refractivity contribution in [2.75, 3.05) is 11.3 Å². The summed E-state index contributed by atoms with van der Waals surface area (Å²) in [6, 6.07) is 23.2. The van der Waals surface area contributed by atoms with Crippen LogP contribution in [0.3, 0.4) is 0 Å². The van der Waals surface area contributed by atoms with Crippen LogP contribution in [0.1, 0.15) is 30.4 Å². The van der Waals surface area contributed by atoms with Crippen LogP contribution in [0, 0.1) is 0 Å². The maximum absolute atomic E-state index is 12.6. The smallest absolute Gasteiger partial charge is 0.303 e. The Hall–Kier alpha value is -3.32. The van der Waals surface area contributed by atoms with Gasteiger partial charge in [0.2, 0.25) is 0 Å². The van der Waals surface area contributed by atoms with Gasteiger partial charge in [-0.25, -0.2) is 8.42 Å². The van der Waals surface area contributed by atoms with E-state index >= 15 is 0 Å². The minimum Gasteiger partial charge on any atom is -0.494 e. The van der Waals surface area contributed by atoms with Gasteiger partial charge in [0.05, 0.1) is 17.2 Å². The van der Waals surface area contributed by atoms with Crippen LogP contribution < -0.4 is 9.46 Å². The maximum Gasteiger partial charge on any atom is 0.303 e. The van der Waals surface area contributed by atoms with Crippen LogP contribution in [0.15, 0.2) is 83.8 Å². The molecular weight excluding hydrogens is 426 g/mol. The molecule has 0 spiro atoms. The summed E-state index contributed by atoms with van der Waals surface area (Å²) in [7, 11) is -3.63. The average molecular weight is 454 g/mol. The first kappa shape index (κ1) is 23.3. The van der Waals surface area contributed by atoms with Crippen molar-refractivity contribution in [1.29, 1.82) is 0 Å². The number of hydrogen-bond donors (Lipinski definition) is 2. The molecule has 32 heavy (non-hydrogen) atoms. The molecule has 3 aromatic carbocycles. The van der Waals surface area contributed by atoms with Crippen molar-refractivity contribution < 1.29 is 23.1 Å². The van der Waals surface area contributed by atoms with Crippen LogP contribution in [0.5, 0.6) is 5.75 Å². The number of rotatable bonds is 12. The van der Waals surface area contributed by atoms with E-state index in [-0.39, 0.29) is 11.3 Å². The normalized spacial score (nSPS) is 11.1. The Morgan fingerprint density at radius 1 is 0.844 bits per heavy atom. The first-order valence-electron chi connectivity index (χ1n) is 10.5. The zero-order valence-electron chi connectivity index (χ0n) is 17.7. The van der Waals surface area contributed by atoms with Gasteiger partial charge in [0.1, 0.15) is 5.75 Å². The number of carboxylic acid groups (broad SMARTS) is 1. The largest absolute Gasteiger partial charge is 0.494 e. The molecule has 0 bridgehead atoms. The van der Waals surface area contributed by atoms with E-state index in [0.717, 1.165) is 36.1 Å². The molecule has 0 atom stereocenters. The van der Waals surface area contributed by atoms with Crippen molar-refractivity contribution in [2.45, 2.75) is 37.0 Å². The summed E-state index contributed by atoms with van der Waals surface area (Å²) in [5.74, 6) is -0.0557. The molecule has 0 aliphatic carbocycles. The first-order valence-corrected chi connectivity index (χ1v) is 12.0. The molecule has 0 radical (unpaired) electrons. The average Bonchev–Trinajstić information content (AvgIpc) is 2.79. The van der Waals surface area contributed by atoms with E-state index in [2.05, 4.69) is 4.72 Å². The standard InChI is InChI=1S/C25H27NO5S/c27-25(28)18-15-20-13-16-22(17-14-20)31-19-7-6-9-21-8-4-5-12-24(21)26-32(29,30)23-10-2-1-3-11-23/h1-5,8,10-14,16-17,26H,6-7,9,15,18-19H2,(H,27,28).